The Labute approximate surface area is 106 Å². The summed E-state index contributed by atoms with van der Waals surface area (Å²) >= 11 is 4.91. The van der Waals surface area contributed by atoms with E-state index in [1.165, 1.54) is 16.8 Å². The molecule has 0 bridgehead atoms. The third kappa shape index (κ3) is 2.00. The van der Waals surface area contributed by atoms with E-state index in [4.69, 9.17) is 27.8 Å². The van der Waals surface area contributed by atoms with Crippen LogP contribution >= 0.6 is 12.2 Å². The van der Waals surface area contributed by atoms with Gasteiger partial charge in [0, 0.05) is 12.3 Å². The molecule has 18 heavy (non-hydrogen) atoms. The molecule has 0 aromatic carbocycles. The number of rotatable bonds is 2. The zero-order valence-electron chi connectivity index (χ0n) is 9.18. The highest BCUT2D eigenvalue weighted by Gasteiger charge is 2.52. The molecule has 8 nitrogen and oxygen atoms in total. The van der Waals surface area contributed by atoms with Crippen LogP contribution in [0.2, 0.25) is 0 Å². The van der Waals surface area contributed by atoms with Crippen molar-refractivity contribution in [3.05, 3.63) is 27.4 Å². The number of hydrogen-bond donors (Lipinski definition) is 5. The number of ether oxygens (including phenoxy) is 1. The molecule has 3 unspecified atom stereocenters. The van der Waals surface area contributed by atoms with E-state index < -0.39 is 36.3 Å². The summed E-state index contributed by atoms with van der Waals surface area (Å²) in [6.07, 6.45) is -2.62. The van der Waals surface area contributed by atoms with Crippen molar-refractivity contribution in [3.8, 4) is 0 Å². The molecule has 0 spiro atoms. The first-order valence-electron chi connectivity index (χ1n) is 5.14. The number of nitrogens with zero attached hydrogens (tertiary/aromatic N) is 1. The molecular formula is C9H13N3O5S. The largest absolute Gasteiger partial charge is 0.392 e. The van der Waals surface area contributed by atoms with Crippen LogP contribution < -0.4 is 11.3 Å². The fourth-order valence-corrected chi connectivity index (χ4v) is 2.05. The van der Waals surface area contributed by atoms with Crippen LogP contribution in [-0.2, 0) is 4.74 Å². The Bertz CT molecular complexity index is 558. The Morgan fingerprint density at radius 2 is 2.28 bits per heavy atom. The lowest BCUT2D eigenvalue weighted by molar-refractivity contribution is -0.125. The lowest BCUT2D eigenvalue weighted by Crippen LogP contribution is -2.54. The fourth-order valence-electron chi connectivity index (χ4n) is 1.79. The maximum Gasteiger partial charge on any atom is 0.251 e. The molecule has 6 N–H and O–H groups in total. The number of nitrogens with two attached hydrogens (primary N) is 1. The Morgan fingerprint density at radius 3 is 2.78 bits per heavy atom. The topological polar surface area (TPSA) is 134 Å². The van der Waals surface area contributed by atoms with Crippen molar-refractivity contribution in [2.75, 3.05) is 6.61 Å². The molecule has 0 aliphatic carbocycles. The molecular weight excluding hydrogens is 262 g/mol. The number of aliphatic hydroxyl groups is 3. The molecule has 9 heteroatoms. The van der Waals surface area contributed by atoms with Crippen LogP contribution in [0, 0.1) is 4.77 Å². The van der Waals surface area contributed by atoms with Crippen molar-refractivity contribution >= 4 is 12.2 Å². The van der Waals surface area contributed by atoms with Gasteiger partial charge in [-0.2, -0.15) is 0 Å². The lowest BCUT2D eigenvalue weighted by atomic mass is 10.1. The third-order valence-electron chi connectivity index (χ3n) is 2.83. The van der Waals surface area contributed by atoms with E-state index in [1.807, 2.05) is 0 Å². The lowest BCUT2D eigenvalue weighted by Gasteiger charge is -2.24. The van der Waals surface area contributed by atoms with Crippen molar-refractivity contribution in [3.63, 3.8) is 0 Å². The van der Waals surface area contributed by atoms with Gasteiger partial charge in [-0.3, -0.25) is 20.1 Å². The number of hydrogen-bond acceptors (Lipinski definition) is 7. The van der Waals surface area contributed by atoms with E-state index in [9.17, 15) is 15.0 Å². The quantitative estimate of drug-likeness (QED) is 0.387. The molecule has 100 valence electrons. The van der Waals surface area contributed by atoms with Crippen molar-refractivity contribution in [1.29, 1.82) is 0 Å². The average molecular weight is 275 g/mol. The molecule has 1 aliphatic rings. The van der Waals surface area contributed by atoms with Gasteiger partial charge in [0.1, 0.15) is 12.2 Å². The Kier molecular flexibility index (Phi) is 3.36. The summed E-state index contributed by atoms with van der Waals surface area (Å²) in [6, 6.07) is 1.19. The molecule has 1 aliphatic heterocycles. The molecule has 1 saturated heterocycles. The second-order valence-corrected chi connectivity index (χ2v) is 4.46. The summed E-state index contributed by atoms with van der Waals surface area (Å²) < 4.78 is 6.49. The zero-order valence-corrected chi connectivity index (χ0v) is 10.0. The van der Waals surface area contributed by atoms with Gasteiger partial charge >= 0.3 is 0 Å². The van der Waals surface area contributed by atoms with Gasteiger partial charge in [0.2, 0.25) is 0 Å². The second-order valence-electron chi connectivity index (χ2n) is 4.07. The highest BCUT2D eigenvalue weighted by Crippen LogP contribution is 2.33. The molecule has 4 atom stereocenters. The summed E-state index contributed by atoms with van der Waals surface area (Å²) in [5, 5.41) is 28.6. The minimum atomic E-state index is -1.77. The molecule has 1 aromatic rings. The first kappa shape index (κ1) is 13.3. The average Bonchev–Trinajstić information content (AvgIpc) is 2.55. The van der Waals surface area contributed by atoms with Crippen LogP contribution in [0.1, 0.15) is 6.23 Å². The van der Waals surface area contributed by atoms with Gasteiger partial charge in [-0.25, -0.2) is 0 Å². The number of H-pyrrole nitrogens is 1. The molecule has 1 fully saturated rings. The minimum absolute atomic E-state index is 0.0148. The molecule has 2 heterocycles. The van der Waals surface area contributed by atoms with Gasteiger partial charge in [0.15, 0.2) is 16.7 Å². The van der Waals surface area contributed by atoms with Gasteiger partial charge < -0.3 is 20.1 Å². The summed E-state index contributed by atoms with van der Waals surface area (Å²) in [7, 11) is 0. The van der Waals surface area contributed by atoms with E-state index in [2.05, 4.69) is 4.98 Å². The number of aliphatic hydroxyl groups excluding tert-OH is 3. The minimum Gasteiger partial charge on any atom is -0.392 e. The van der Waals surface area contributed by atoms with Crippen LogP contribution in [0.5, 0.6) is 0 Å². The molecule has 2 rings (SSSR count). The van der Waals surface area contributed by atoms with Gasteiger partial charge in [0.25, 0.3) is 5.56 Å². The number of aromatic amines is 1. The predicted octanol–water partition coefficient (Wildman–Crippen LogP) is -2.20. The molecule has 0 saturated carbocycles. The smallest absolute Gasteiger partial charge is 0.251 e. The zero-order chi connectivity index (χ0) is 13.5. The van der Waals surface area contributed by atoms with Gasteiger partial charge in [-0.15, -0.1) is 0 Å². The van der Waals surface area contributed by atoms with Gasteiger partial charge in [-0.05, 0) is 12.2 Å². The van der Waals surface area contributed by atoms with E-state index >= 15 is 0 Å². The molecule has 1 aromatic heterocycles. The van der Waals surface area contributed by atoms with Crippen LogP contribution in [0.3, 0.4) is 0 Å². The van der Waals surface area contributed by atoms with E-state index in [1.54, 1.807) is 0 Å². The van der Waals surface area contributed by atoms with Crippen LogP contribution in [0.4, 0.5) is 0 Å². The fraction of sp³-hybridized carbons (Fsp3) is 0.556. The Morgan fingerprint density at radius 1 is 1.61 bits per heavy atom. The van der Waals surface area contributed by atoms with Crippen LogP contribution in [0.15, 0.2) is 17.1 Å². The van der Waals surface area contributed by atoms with E-state index in [0.717, 1.165) is 0 Å². The predicted molar refractivity (Wildman–Crippen MR) is 62.0 cm³/mol. The normalized spacial score (nSPS) is 35.9. The standard InChI is InChI=1S/C9H13N3O5S/c10-9(3-13)6(16)5(15)7(17-9)12-2-1-4(14)11-8(12)18/h1-2,5-7,13,15-16H,3,10H2,(H,11,14,18)/t5?,6?,7?,9-/m1/s1. The number of nitrogens with one attached hydrogen (secondary N) is 1. The van der Waals surface area contributed by atoms with E-state index in [0.29, 0.717) is 0 Å². The SMILES string of the molecule is N[C@]1(CO)OC(n2ccc(=O)[nH]c2=S)C(O)C1O. The summed E-state index contributed by atoms with van der Waals surface area (Å²) in [6.45, 7) is -0.668. The summed E-state index contributed by atoms with van der Waals surface area (Å²) in [4.78, 5) is 13.4. The third-order valence-corrected chi connectivity index (χ3v) is 3.14. The van der Waals surface area contributed by atoms with Crippen LogP contribution in [0.25, 0.3) is 0 Å². The first-order chi connectivity index (χ1) is 8.39. The highest BCUT2D eigenvalue weighted by molar-refractivity contribution is 7.71. The maximum atomic E-state index is 11.0. The highest BCUT2D eigenvalue weighted by atomic mass is 32.1. The summed E-state index contributed by atoms with van der Waals surface area (Å²) in [5.41, 5.74) is 3.43. The summed E-state index contributed by atoms with van der Waals surface area (Å²) in [5.74, 6) is 0. The van der Waals surface area contributed by atoms with Crippen molar-refractivity contribution in [2.24, 2.45) is 5.73 Å². The van der Waals surface area contributed by atoms with Crippen molar-refractivity contribution < 1.29 is 20.1 Å². The van der Waals surface area contributed by atoms with Crippen LogP contribution in [-0.4, -0.2) is 49.4 Å². The van der Waals surface area contributed by atoms with E-state index in [-0.39, 0.29) is 4.77 Å². The molecule has 0 amide bonds. The Hall–Kier alpha value is -1.10. The van der Waals surface area contributed by atoms with Gasteiger partial charge in [-0.1, -0.05) is 0 Å². The maximum absolute atomic E-state index is 11.0. The van der Waals surface area contributed by atoms with Gasteiger partial charge in [0.05, 0.1) is 6.61 Å². The van der Waals surface area contributed by atoms with Crippen molar-refractivity contribution in [2.45, 2.75) is 24.2 Å². The second kappa shape index (κ2) is 4.53. The van der Waals surface area contributed by atoms with Crippen molar-refractivity contribution in [1.82, 2.24) is 9.55 Å². The molecule has 0 radical (unpaired) electrons. The number of aromatic nitrogens is 2. The Balaban J connectivity index is 2.41. The monoisotopic (exact) mass is 275 g/mol. The first-order valence-corrected chi connectivity index (χ1v) is 5.55.